The summed E-state index contributed by atoms with van der Waals surface area (Å²) in [6.45, 7) is 6.04. The Morgan fingerprint density at radius 2 is 1.10 bits per heavy atom. The van der Waals surface area contributed by atoms with Gasteiger partial charge in [0.1, 0.15) is 0 Å². The highest BCUT2D eigenvalue weighted by Gasteiger charge is 2.31. The van der Waals surface area contributed by atoms with Gasteiger partial charge in [0.2, 0.25) is 0 Å². The molecule has 0 aromatic heterocycles. The Hall–Kier alpha value is -2.76. The molecule has 4 aromatic rings. The van der Waals surface area contributed by atoms with Gasteiger partial charge in [0, 0.05) is 12.1 Å². The van der Waals surface area contributed by atoms with Gasteiger partial charge < -0.3 is 5.73 Å². The predicted molar refractivity (Wildman–Crippen MR) is 176 cm³/mol. The molecule has 0 fully saturated rings. The minimum absolute atomic E-state index is 0. The van der Waals surface area contributed by atoms with Gasteiger partial charge in [-0.1, -0.05) is 109 Å². The number of hydrogen-bond donors (Lipinski definition) is 2. The largest absolute Gasteiger partial charge is 0.324 e. The zero-order chi connectivity index (χ0) is 28.1. The van der Waals surface area contributed by atoms with Gasteiger partial charge in [0.25, 0.3) is 0 Å². The van der Waals surface area contributed by atoms with Gasteiger partial charge in [-0.3, -0.25) is 0 Å². The summed E-state index contributed by atoms with van der Waals surface area (Å²) < 4.78 is 15.7. The van der Waals surface area contributed by atoms with Crippen molar-refractivity contribution in [1.82, 2.24) is 4.72 Å². The van der Waals surface area contributed by atoms with Gasteiger partial charge in [0.05, 0.1) is 15.7 Å². The Morgan fingerprint density at radius 1 is 0.659 bits per heavy atom. The molecule has 0 spiro atoms. The molecule has 216 valence electrons. The highest BCUT2D eigenvalue weighted by molar-refractivity contribution is 7.84. The fraction of sp³-hybridized carbons (Fsp3) is 0.333. The van der Waals surface area contributed by atoms with E-state index in [4.69, 9.17) is 5.73 Å². The van der Waals surface area contributed by atoms with Gasteiger partial charge in [-0.15, -0.1) is 12.4 Å². The maximum atomic E-state index is 12.6. The number of nitrogens with two attached hydrogens (primary N) is 1. The molecule has 0 amide bonds. The Bertz CT molecular complexity index is 1420. The third-order valence-corrected chi connectivity index (χ3v) is 9.83. The molecule has 0 radical (unpaired) electrons. The van der Waals surface area contributed by atoms with E-state index >= 15 is 0 Å². The lowest BCUT2D eigenvalue weighted by Crippen LogP contribution is -2.38. The number of halogens is 1. The third kappa shape index (κ3) is 7.75. The Balaban J connectivity index is 0.000000192. The average Bonchev–Trinajstić information content (AvgIpc) is 2.98. The van der Waals surface area contributed by atoms with E-state index in [-0.39, 0.29) is 29.2 Å². The first-order valence-electron chi connectivity index (χ1n) is 14.5. The summed E-state index contributed by atoms with van der Waals surface area (Å²) in [5.74, 6) is 1.04. The van der Waals surface area contributed by atoms with Crippen molar-refractivity contribution in [3.05, 3.63) is 143 Å². The molecule has 0 unspecified atom stereocenters. The first kappa shape index (κ1) is 31.2. The van der Waals surface area contributed by atoms with E-state index in [2.05, 4.69) is 114 Å². The monoisotopic (exact) mass is 586 g/mol. The van der Waals surface area contributed by atoms with Crippen LogP contribution in [-0.2, 0) is 23.8 Å². The normalized spacial score (nSPS) is 22.1. The molecule has 0 aliphatic heterocycles. The molecular formula is C36H43ClN2OS. The summed E-state index contributed by atoms with van der Waals surface area (Å²) in [4.78, 5) is 0. The molecule has 3 N–H and O–H groups in total. The van der Waals surface area contributed by atoms with Gasteiger partial charge in [-0.25, -0.2) is 8.93 Å². The molecule has 6 rings (SSSR count). The summed E-state index contributed by atoms with van der Waals surface area (Å²) in [6, 6.07) is 38.9. The number of benzene rings is 4. The number of rotatable bonds is 4. The van der Waals surface area contributed by atoms with Crippen molar-refractivity contribution < 1.29 is 4.21 Å². The van der Waals surface area contributed by atoms with Crippen molar-refractivity contribution in [2.45, 2.75) is 75.1 Å². The summed E-state index contributed by atoms with van der Waals surface area (Å²) >= 11 is 0. The number of fused-ring (bicyclic) bond motifs is 2. The molecule has 0 saturated carbocycles. The molecule has 0 bridgehead atoms. The first-order valence-corrected chi connectivity index (χ1v) is 15.6. The summed E-state index contributed by atoms with van der Waals surface area (Å²) in [6.07, 6.45) is 4.22. The van der Waals surface area contributed by atoms with Crippen molar-refractivity contribution in [2.75, 3.05) is 0 Å². The highest BCUT2D eigenvalue weighted by atomic mass is 35.5. The topological polar surface area (TPSA) is 55.1 Å². The van der Waals surface area contributed by atoms with E-state index in [9.17, 15) is 4.21 Å². The van der Waals surface area contributed by atoms with Gasteiger partial charge in [0.15, 0.2) is 0 Å². The standard InChI is InChI=1S/C20H25NOS.C16H17N.ClH/c1-20(2,3)23(22)21-19-14-17(15-9-5-4-6-10-15)13-16-11-7-8-12-18(16)19;17-16-11-14(12-6-2-1-3-7-12)10-13-8-4-5-9-15(13)16;/h4-12,17,19,21H,13-14H2,1-3H3;1-9,14,16H,10-11,17H2;1H/t17-,19+,23-;14-,16+;/m11./s1. The molecule has 5 heteroatoms. The Kier molecular flexibility index (Phi) is 10.6. The van der Waals surface area contributed by atoms with Crippen LogP contribution in [0.3, 0.4) is 0 Å². The summed E-state index contributed by atoms with van der Waals surface area (Å²) in [5, 5.41) is 0. The maximum absolute atomic E-state index is 12.6. The average molecular weight is 587 g/mol. The van der Waals surface area contributed by atoms with Crippen molar-refractivity contribution in [3.8, 4) is 0 Å². The fourth-order valence-corrected chi connectivity index (χ4v) is 6.90. The van der Waals surface area contributed by atoms with E-state index in [1.165, 1.54) is 33.4 Å². The van der Waals surface area contributed by atoms with Crippen LogP contribution in [0, 0.1) is 0 Å². The van der Waals surface area contributed by atoms with E-state index in [0.29, 0.717) is 11.8 Å². The molecule has 2 aliphatic rings. The smallest absolute Gasteiger partial charge is 0.0975 e. The van der Waals surface area contributed by atoms with Crippen LogP contribution < -0.4 is 10.5 Å². The van der Waals surface area contributed by atoms with Crippen LogP contribution in [0.2, 0.25) is 0 Å². The molecule has 0 heterocycles. The van der Waals surface area contributed by atoms with Crippen LogP contribution in [0.5, 0.6) is 0 Å². The lowest BCUT2D eigenvalue weighted by molar-refractivity contribution is 0.473. The van der Waals surface area contributed by atoms with E-state index in [1.54, 1.807) is 0 Å². The van der Waals surface area contributed by atoms with Crippen LogP contribution in [0.25, 0.3) is 0 Å². The maximum Gasteiger partial charge on any atom is 0.0975 e. The van der Waals surface area contributed by atoms with Crippen molar-refractivity contribution in [3.63, 3.8) is 0 Å². The van der Waals surface area contributed by atoms with Crippen LogP contribution in [-0.4, -0.2) is 8.96 Å². The van der Waals surface area contributed by atoms with E-state index in [1.807, 2.05) is 20.8 Å². The van der Waals surface area contributed by atoms with Crippen LogP contribution >= 0.6 is 12.4 Å². The van der Waals surface area contributed by atoms with Gasteiger partial charge in [-0.05, 0) is 91.7 Å². The molecule has 41 heavy (non-hydrogen) atoms. The van der Waals surface area contributed by atoms with Crippen molar-refractivity contribution in [1.29, 1.82) is 0 Å². The number of hydrogen-bond acceptors (Lipinski definition) is 2. The zero-order valence-electron chi connectivity index (χ0n) is 24.3. The molecule has 3 nitrogen and oxygen atoms in total. The quantitative estimate of drug-likeness (QED) is 0.252. The minimum Gasteiger partial charge on any atom is -0.324 e. The molecule has 2 aliphatic carbocycles. The Morgan fingerprint density at radius 3 is 1.63 bits per heavy atom. The van der Waals surface area contributed by atoms with E-state index < -0.39 is 11.0 Å². The van der Waals surface area contributed by atoms with Crippen LogP contribution in [0.1, 0.15) is 90.9 Å². The first-order chi connectivity index (χ1) is 19.3. The second-order valence-electron chi connectivity index (χ2n) is 12.2. The number of nitrogens with one attached hydrogen (secondary N) is 1. The van der Waals surface area contributed by atoms with E-state index in [0.717, 1.165) is 25.7 Å². The molecule has 4 aromatic carbocycles. The molecule has 5 atom stereocenters. The minimum atomic E-state index is -1.06. The van der Waals surface area contributed by atoms with Crippen molar-refractivity contribution >= 4 is 23.4 Å². The van der Waals surface area contributed by atoms with Crippen LogP contribution in [0.15, 0.2) is 109 Å². The SMILES string of the molecule is CC(C)(C)[S@@](=O)N[C@H]1C[C@H](c2ccccc2)Cc2ccccc21.Cl.N[C@H]1C[C@H](c2ccccc2)Cc2ccccc21. The molecule has 0 saturated heterocycles. The lowest BCUT2D eigenvalue weighted by Gasteiger charge is -2.33. The summed E-state index contributed by atoms with van der Waals surface area (Å²) in [7, 11) is -1.06. The predicted octanol–water partition coefficient (Wildman–Crippen LogP) is 8.35. The van der Waals surface area contributed by atoms with Gasteiger partial charge >= 0.3 is 0 Å². The van der Waals surface area contributed by atoms with Crippen LogP contribution in [0.4, 0.5) is 0 Å². The zero-order valence-corrected chi connectivity index (χ0v) is 26.0. The molecular weight excluding hydrogens is 544 g/mol. The second kappa shape index (κ2) is 13.9. The third-order valence-electron chi connectivity index (χ3n) is 8.22. The fourth-order valence-electron chi connectivity index (χ4n) is 6.06. The summed E-state index contributed by atoms with van der Waals surface area (Å²) in [5.41, 5.74) is 14.5. The van der Waals surface area contributed by atoms with Crippen molar-refractivity contribution in [2.24, 2.45) is 5.73 Å². The van der Waals surface area contributed by atoms with Gasteiger partial charge in [-0.2, -0.15) is 0 Å². The highest BCUT2D eigenvalue weighted by Crippen LogP contribution is 2.39. The lowest BCUT2D eigenvalue weighted by atomic mass is 9.78. The Labute approximate surface area is 255 Å². The second-order valence-corrected chi connectivity index (χ2v) is 14.1.